The first-order valence-electron chi connectivity index (χ1n) is 6.27. The maximum Gasteiger partial charge on any atom is 0.00402 e. The van der Waals surface area contributed by atoms with Gasteiger partial charge in [-0.1, -0.05) is 0 Å². The molecular formula is C13H20N2. The Hall–Kier alpha value is -0.760. The lowest BCUT2D eigenvalue weighted by molar-refractivity contribution is 0.386. The highest BCUT2D eigenvalue weighted by atomic mass is 14.9. The summed E-state index contributed by atoms with van der Waals surface area (Å²) < 4.78 is 0. The minimum absolute atomic E-state index is 0.834. The highest BCUT2D eigenvalue weighted by Gasteiger charge is 2.35. The first-order valence-corrected chi connectivity index (χ1v) is 6.27. The van der Waals surface area contributed by atoms with Crippen LogP contribution < -0.4 is 5.32 Å². The van der Waals surface area contributed by atoms with Gasteiger partial charge in [-0.3, -0.25) is 0 Å². The molecule has 0 radical (unpaired) electrons. The summed E-state index contributed by atoms with van der Waals surface area (Å²) in [5.41, 5.74) is 1.55. The van der Waals surface area contributed by atoms with Gasteiger partial charge < -0.3 is 10.3 Å². The van der Waals surface area contributed by atoms with Crippen LogP contribution in [0.5, 0.6) is 0 Å². The van der Waals surface area contributed by atoms with Gasteiger partial charge in [0, 0.05) is 12.4 Å². The Morgan fingerprint density at radius 3 is 2.93 bits per heavy atom. The molecule has 3 unspecified atom stereocenters. The fourth-order valence-corrected chi connectivity index (χ4v) is 3.49. The number of hydrogen-bond donors (Lipinski definition) is 2. The van der Waals surface area contributed by atoms with Crippen LogP contribution in [0.15, 0.2) is 18.5 Å². The van der Waals surface area contributed by atoms with E-state index in [1.807, 2.05) is 0 Å². The van der Waals surface area contributed by atoms with Crippen molar-refractivity contribution < 1.29 is 0 Å². The number of aromatic amines is 1. The van der Waals surface area contributed by atoms with Crippen LogP contribution in [0.4, 0.5) is 0 Å². The maximum atomic E-state index is 3.55. The third-order valence-electron chi connectivity index (χ3n) is 4.26. The van der Waals surface area contributed by atoms with Crippen molar-refractivity contribution >= 4 is 0 Å². The van der Waals surface area contributed by atoms with Gasteiger partial charge in [0.25, 0.3) is 0 Å². The number of H-pyrrole nitrogens is 1. The van der Waals surface area contributed by atoms with E-state index < -0.39 is 0 Å². The smallest absolute Gasteiger partial charge is 0.00402 e. The van der Waals surface area contributed by atoms with Gasteiger partial charge in [0.2, 0.25) is 0 Å². The van der Waals surface area contributed by atoms with Crippen LogP contribution in [0.25, 0.3) is 0 Å². The quantitative estimate of drug-likeness (QED) is 0.722. The predicted molar refractivity (Wildman–Crippen MR) is 61.9 cm³/mol. The lowest BCUT2D eigenvalue weighted by Crippen LogP contribution is -2.23. The van der Waals surface area contributed by atoms with E-state index in [9.17, 15) is 0 Å². The molecule has 0 amide bonds. The fourth-order valence-electron chi connectivity index (χ4n) is 3.49. The van der Waals surface area contributed by atoms with Gasteiger partial charge in [0.15, 0.2) is 0 Å². The number of fused-ring (bicyclic) bond motifs is 2. The summed E-state index contributed by atoms with van der Waals surface area (Å²) in [6, 6.07) is 2.27. The lowest BCUT2D eigenvalue weighted by atomic mass is 9.88. The second-order valence-corrected chi connectivity index (χ2v) is 5.18. The van der Waals surface area contributed by atoms with E-state index in [2.05, 4.69) is 28.8 Å². The number of nitrogens with one attached hydrogen (secondary N) is 2. The molecule has 1 aliphatic carbocycles. The van der Waals surface area contributed by atoms with E-state index in [0.29, 0.717) is 0 Å². The molecule has 1 aliphatic heterocycles. The predicted octanol–water partition coefficient (Wildman–Crippen LogP) is 2.51. The molecule has 2 heteroatoms. The topological polar surface area (TPSA) is 27.8 Å². The largest absolute Gasteiger partial charge is 0.367 e. The SMILES string of the molecule is c1cc(C2CC3CCNCCC2C3)c[nH]1. The Bertz CT molecular complexity index is 304. The summed E-state index contributed by atoms with van der Waals surface area (Å²) in [6.45, 7) is 2.45. The van der Waals surface area contributed by atoms with Crippen molar-refractivity contribution in [2.24, 2.45) is 11.8 Å². The van der Waals surface area contributed by atoms with Crippen molar-refractivity contribution in [2.45, 2.75) is 31.6 Å². The van der Waals surface area contributed by atoms with Crippen LogP contribution in [0.3, 0.4) is 0 Å². The van der Waals surface area contributed by atoms with Crippen molar-refractivity contribution in [1.29, 1.82) is 0 Å². The van der Waals surface area contributed by atoms with Crippen molar-refractivity contribution in [3.05, 3.63) is 24.0 Å². The number of hydrogen-bond acceptors (Lipinski definition) is 1. The standard InChI is InChI=1S/C13H20N2/c1-4-14-5-2-11-7-10(1)8-13(11)12-3-6-15-9-12/h3,6,9-11,13-15H,1-2,4-5,7-8H2. The highest BCUT2D eigenvalue weighted by Crippen LogP contribution is 2.46. The minimum atomic E-state index is 0.834. The van der Waals surface area contributed by atoms with Crippen LogP contribution in [0.1, 0.15) is 37.2 Å². The fraction of sp³-hybridized carbons (Fsp3) is 0.692. The Balaban J connectivity index is 1.79. The molecule has 2 heterocycles. The van der Waals surface area contributed by atoms with Crippen molar-refractivity contribution in [3.8, 4) is 0 Å². The second-order valence-electron chi connectivity index (χ2n) is 5.18. The normalized spacial score (nSPS) is 36.1. The molecule has 3 rings (SSSR count). The summed E-state index contributed by atoms with van der Waals surface area (Å²) in [5, 5.41) is 3.55. The van der Waals surface area contributed by atoms with E-state index in [-0.39, 0.29) is 0 Å². The van der Waals surface area contributed by atoms with E-state index in [1.165, 1.54) is 38.8 Å². The molecule has 0 aromatic carbocycles. The van der Waals surface area contributed by atoms with E-state index in [4.69, 9.17) is 0 Å². The van der Waals surface area contributed by atoms with Crippen LogP contribution in [-0.2, 0) is 0 Å². The molecule has 15 heavy (non-hydrogen) atoms. The Morgan fingerprint density at radius 1 is 1.13 bits per heavy atom. The Labute approximate surface area is 91.5 Å². The zero-order valence-corrected chi connectivity index (χ0v) is 9.21. The molecule has 0 spiro atoms. The number of rotatable bonds is 1. The average molecular weight is 204 g/mol. The minimum Gasteiger partial charge on any atom is -0.367 e. The van der Waals surface area contributed by atoms with Crippen LogP contribution in [0.2, 0.25) is 0 Å². The Morgan fingerprint density at radius 2 is 2.07 bits per heavy atom. The zero-order valence-electron chi connectivity index (χ0n) is 9.21. The summed E-state index contributed by atoms with van der Waals surface area (Å²) in [6.07, 6.45) is 9.91. The molecule has 1 saturated carbocycles. The molecule has 2 bridgehead atoms. The lowest BCUT2D eigenvalue weighted by Gasteiger charge is -2.19. The molecule has 1 aromatic rings. The van der Waals surface area contributed by atoms with E-state index in [0.717, 1.165) is 17.8 Å². The monoisotopic (exact) mass is 204 g/mol. The Kier molecular flexibility index (Phi) is 2.53. The summed E-state index contributed by atoms with van der Waals surface area (Å²) in [5.74, 6) is 2.74. The summed E-state index contributed by atoms with van der Waals surface area (Å²) in [7, 11) is 0. The van der Waals surface area contributed by atoms with Gasteiger partial charge in [-0.25, -0.2) is 0 Å². The average Bonchev–Trinajstić information content (AvgIpc) is 2.84. The van der Waals surface area contributed by atoms with Crippen LogP contribution in [-0.4, -0.2) is 18.1 Å². The van der Waals surface area contributed by atoms with E-state index in [1.54, 1.807) is 5.56 Å². The first kappa shape index (κ1) is 9.46. The molecule has 1 aromatic heterocycles. The number of aromatic nitrogens is 1. The first-order chi connectivity index (χ1) is 7.43. The molecule has 3 atom stereocenters. The zero-order chi connectivity index (χ0) is 10.1. The van der Waals surface area contributed by atoms with Crippen molar-refractivity contribution in [2.75, 3.05) is 13.1 Å². The van der Waals surface area contributed by atoms with Gasteiger partial charge in [-0.05, 0) is 68.2 Å². The highest BCUT2D eigenvalue weighted by molar-refractivity contribution is 5.18. The van der Waals surface area contributed by atoms with Crippen molar-refractivity contribution in [1.82, 2.24) is 10.3 Å². The van der Waals surface area contributed by atoms with Crippen LogP contribution in [0, 0.1) is 11.8 Å². The van der Waals surface area contributed by atoms with Gasteiger partial charge in [0.1, 0.15) is 0 Å². The van der Waals surface area contributed by atoms with Gasteiger partial charge >= 0.3 is 0 Å². The third-order valence-corrected chi connectivity index (χ3v) is 4.26. The van der Waals surface area contributed by atoms with Crippen LogP contribution >= 0.6 is 0 Å². The molecule has 2 aliphatic rings. The van der Waals surface area contributed by atoms with E-state index >= 15 is 0 Å². The maximum absolute atomic E-state index is 3.55. The third kappa shape index (κ3) is 1.83. The molecular weight excluding hydrogens is 184 g/mol. The van der Waals surface area contributed by atoms with Gasteiger partial charge in [-0.15, -0.1) is 0 Å². The second kappa shape index (κ2) is 4.01. The molecule has 1 saturated heterocycles. The van der Waals surface area contributed by atoms with Gasteiger partial charge in [0.05, 0.1) is 0 Å². The molecule has 2 nitrogen and oxygen atoms in total. The molecule has 2 N–H and O–H groups in total. The molecule has 2 fully saturated rings. The molecule has 82 valence electrons. The summed E-state index contributed by atoms with van der Waals surface area (Å²) >= 11 is 0. The summed E-state index contributed by atoms with van der Waals surface area (Å²) in [4.78, 5) is 3.20. The van der Waals surface area contributed by atoms with Crippen molar-refractivity contribution in [3.63, 3.8) is 0 Å². The van der Waals surface area contributed by atoms with Gasteiger partial charge in [-0.2, -0.15) is 0 Å².